The molecule has 4 fully saturated rings. The van der Waals surface area contributed by atoms with Crippen LogP contribution in [0.5, 0.6) is 0 Å². The number of nitrogens with two attached hydrogens (primary N) is 1. The molecule has 1 amide bonds. The summed E-state index contributed by atoms with van der Waals surface area (Å²) in [7, 11) is 0. The second kappa shape index (κ2) is 13.3. The lowest BCUT2D eigenvalue weighted by molar-refractivity contribution is -0.0932. The maximum Gasteiger partial charge on any atom is 0.251 e. The number of ether oxygens (including phenoxy) is 2. The van der Waals surface area contributed by atoms with Crippen LogP contribution in [0, 0.1) is 11.2 Å². The monoisotopic (exact) mass is 589 g/mol. The smallest absolute Gasteiger partial charge is 0.251 e. The minimum Gasteiger partial charge on any atom is -0.492 e. The van der Waals surface area contributed by atoms with Crippen molar-refractivity contribution >= 4 is 12.1 Å². The minimum absolute atomic E-state index is 0.146. The number of nitrogens with one attached hydrogen (secondary N) is 2. The van der Waals surface area contributed by atoms with E-state index in [4.69, 9.17) is 15.2 Å². The average molecular weight is 590 g/mol. The van der Waals surface area contributed by atoms with Gasteiger partial charge in [-0.2, -0.15) is 0 Å². The molecule has 3 saturated heterocycles. The zero-order chi connectivity index (χ0) is 30.6. The van der Waals surface area contributed by atoms with E-state index in [2.05, 4.69) is 33.7 Å². The number of likely N-dealkylation sites (tertiary alicyclic amines) is 1. The third kappa shape index (κ3) is 7.28. The molecule has 8 nitrogen and oxygen atoms in total. The molecule has 1 aromatic rings. The fraction of sp³-hybridized carbons (Fsp3) is 0.471. The second-order valence-corrected chi connectivity index (χ2v) is 12.3. The van der Waals surface area contributed by atoms with Crippen molar-refractivity contribution in [3.63, 3.8) is 0 Å². The fourth-order valence-corrected chi connectivity index (χ4v) is 6.61. The highest BCUT2D eigenvalue weighted by atomic mass is 19.1. The van der Waals surface area contributed by atoms with Crippen LogP contribution < -0.4 is 16.4 Å². The van der Waals surface area contributed by atoms with Gasteiger partial charge in [-0.15, -0.1) is 0 Å². The summed E-state index contributed by atoms with van der Waals surface area (Å²) in [5.41, 5.74) is 10.7. The molecular formula is C34H44FN5O3. The highest BCUT2D eigenvalue weighted by molar-refractivity contribution is 5.94. The van der Waals surface area contributed by atoms with E-state index in [1.165, 1.54) is 25.0 Å². The zero-order valence-corrected chi connectivity index (χ0v) is 25.4. The quantitative estimate of drug-likeness (QED) is 0.337. The van der Waals surface area contributed by atoms with Gasteiger partial charge in [0.25, 0.3) is 5.91 Å². The highest BCUT2D eigenvalue weighted by Gasteiger charge is 2.47. The van der Waals surface area contributed by atoms with Crippen molar-refractivity contribution in [3.05, 3.63) is 94.4 Å². The van der Waals surface area contributed by atoms with Crippen LogP contribution in [0.25, 0.3) is 0 Å². The van der Waals surface area contributed by atoms with Crippen molar-refractivity contribution in [1.82, 2.24) is 15.5 Å². The zero-order valence-electron chi connectivity index (χ0n) is 25.4. The first-order valence-corrected chi connectivity index (χ1v) is 15.2. The van der Waals surface area contributed by atoms with Crippen LogP contribution in [0.3, 0.4) is 0 Å². The number of allylic oxidation sites excluding steroid dienone is 6. The summed E-state index contributed by atoms with van der Waals surface area (Å²) in [5, 5.41) is 6.56. The SMILES string of the molecule is C=CC(=C1/OCC/C1=C(/C)NCc1cc(F)cc(C(=O)NC2CC3(CCN(C4COC4)CC3)C2)c1)/C(C)=C/C=N\C(=C)N. The van der Waals surface area contributed by atoms with E-state index < -0.39 is 5.82 Å². The first kappa shape index (κ1) is 30.8. The molecule has 1 aliphatic carbocycles. The Balaban J connectivity index is 1.18. The maximum absolute atomic E-state index is 14.6. The molecule has 3 heterocycles. The summed E-state index contributed by atoms with van der Waals surface area (Å²) in [6.07, 6.45) is 10.3. The standard InChI is InChI=1S/C34H44FN5O3/c1-5-30(22(2)6-10-37-24(4)36)32-31(7-13-43-32)23(3)38-19-25-14-26(16-27(35)15-25)33(41)39-28-17-34(18-28)8-11-40(12-9-34)29-20-42-21-29/h5-6,10,14-16,28-29,38H,1,4,7-9,11-13,17-21,36H2,2-3H3,(H,39,41)/b22-6+,31-23+,32-30-,37-10-. The van der Waals surface area contributed by atoms with Gasteiger partial charge in [0.05, 0.1) is 25.9 Å². The normalized spacial score (nSPS) is 23.4. The van der Waals surface area contributed by atoms with Crippen LogP contribution in [-0.4, -0.2) is 62.0 Å². The molecule has 4 N–H and O–H groups in total. The number of aliphatic imine (C=N–C) groups is 1. The van der Waals surface area contributed by atoms with E-state index in [1.54, 1.807) is 18.4 Å². The molecule has 1 saturated carbocycles. The Hall–Kier alpha value is -3.69. The summed E-state index contributed by atoms with van der Waals surface area (Å²) >= 11 is 0. The molecular weight excluding hydrogens is 545 g/mol. The molecule has 230 valence electrons. The molecule has 43 heavy (non-hydrogen) atoms. The van der Waals surface area contributed by atoms with Gasteiger partial charge in [0.15, 0.2) is 0 Å². The summed E-state index contributed by atoms with van der Waals surface area (Å²) in [6, 6.07) is 5.29. The lowest BCUT2D eigenvalue weighted by Crippen LogP contribution is -2.58. The molecule has 0 aromatic heterocycles. The molecule has 9 heteroatoms. The number of rotatable bonds is 10. The van der Waals surface area contributed by atoms with Crippen molar-refractivity contribution in [2.75, 3.05) is 32.9 Å². The van der Waals surface area contributed by atoms with Crippen molar-refractivity contribution in [1.29, 1.82) is 0 Å². The van der Waals surface area contributed by atoms with E-state index in [9.17, 15) is 9.18 Å². The Bertz CT molecular complexity index is 1370. The summed E-state index contributed by atoms with van der Waals surface area (Å²) in [6.45, 7) is 16.3. The van der Waals surface area contributed by atoms with Crippen LogP contribution >= 0.6 is 0 Å². The van der Waals surface area contributed by atoms with Crippen molar-refractivity contribution in [2.24, 2.45) is 16.1 Å². The van der Waals surface area contributed by atoms with Crippen molar-refractivity contribution in [2.45, 2.75) is 64.6 Å². The third-order valence-corrected chi connectivity index (χ3v) is 9.23. The van der Waals surface area contributed by atoms with Crippen molar-refractivity contribution in [3.8, 4) is 0 Å². The molecule has 1 spiro atoms. The van der Waals surface area contributed by atoms with Crippen LogP contribution in [0.15, 0.2) is 82.5 Å². The van der Waals surface area contributed by atoms with Crippen LogP contribution in [-0.2, 0) is 16.0 Å². The number of piperidine rings is 1. The molecule has 5 rings (SSSR count). The number of amides is 1. The Kier molecular flexibility index (Phi) is 9.52. The van der Waals surface area contributed by atoms with Gasteiger partial charge in [-0.05, 0) is 93.4 Å². The van der Waals surface area contributed by atoms with Gasteiger partial charge < -0.3 is 25.8 Å². The van der Waals surface area contributed by atoms with Gasteiger partial charge in [0.1, 0.15) is 17.4 Å². The molecule has 3 aliphatic heterocycles. The van der Waals surface area contributed by atoms with E-state index in [0.717, 1.165) is 73.7 Å². The van der Waals surface area contributed by atoms with Crippen molar-refractivity contribution < 1.29 is 18.7 Å². The topological polar surface area (TPSA) is 101 Å². The number of nitrogens with zero attached hydrogens (tertiary/aromatic N) is 2. The van der Waals surface area contributed by atoms with Gasteiger partial charge in [0, 0.05) is 47.6 Å². The number of carbonyl (C=O) groups is 1. The Morgan fingerprint density at radius 1 is 1.23 bits per heavy atom. The van der Waals surface area contributed by atoms with Gasteiger partial charge in [0.2, 0.25) is 0 Å². The van der Waals surface area contributed by atoms with Gasteiger partial charge in [-0.3, -0.25) is 9.69 Å². The number of carbonyl (C=O) groups excluding carboxylic acids is 1. The minimum atomic E-state index is -0.423. The van der Waals surface area contributed by atoms with Gasteiger partial charge in [-0.1, -0.05) is 19.2 Å². The molecule has 0 bridgehead atoms. The molecule has 1 aromatic carbocycles. The van der Waals surface area contributed by atoms with E-state index in [-0.39, 0.29) is 17.8 Å². The van der Waals surface area contributed by atoms with Gasteiger partial charge in [-0.25, -0.2) is 9.38 Å². The molecule has 0 radical (unpaired) electrons. The van der Waals surface area contributed by atoms with Gasteiger partial charge >= 0.3 is 0 Å². The lowest BCUT2D eigenvalue weighted by atomic mass is 9.60. The summed E-state index contributed by atoms with van der Waals surface area (Å²) < 4.78 is 26.0. The number of hydrogen-bond donors (Lipinski definition) is 3. The molecule has 0 atom stereocenters. The predicted octanol–water partition coefficient (Wildman–Crippen LogP) is 4.87. The third-order valence-electron chi connectivity index (χ3n) is 9.23. The first-order chi connectivity index (χ1) is 20.7. The fourth-order valence-electron chi connectivity index (χ4n) is 6.61. The number of hydrogen-bond acceptors (Lipinski definition) is 7. The van der Waals surface area contributed by atoms with E-state index in [1.807, 2.05) is 19.9 Å². The van der Waals surface area contributed by atoms with Crippen LogP contribution in [0.1, 0.15) is 61.9 Å². The first-order valence-electron chi connectivity index (χ1n) is 15.2. The van der Waals surface area contributed by atoms with E-state index in [0.29, 0.717) is 35.7 Å². The van der Waals surface area contributed by atoms with E-state index >= 15 is 0 Å². The number of benzene rings is 1. The molecule has 4 aliphatic rings. The second-order valence-electron chi connectivity index (χ2n) is 12.3. The highest BCUT2D eigenvalue weighted by Crippen LogP contribution is 2.49. The lowest BCUT2D eigenvalue weighted by Gasteiger charge is -2.54. The van der Waals surface area contributed by atoms with Crippen LogP contribution in [0.4, 0.5) is 4.39 Å². The number of halogens is 1. The maximum atomic E-state index is 14.6. The average Bonchev–Trinajstić information content (AvgIpc) is 3.40. The summed E-state index contributed by atoms with van der Waals surface area (Å²) in [5.74, 6) is 0.354. The molecule has 0 unspecified atom stereocenters. The Labute approximate surface area is 254 Å². The largest absolute Gasteiger partial charge is 0.492 e. The predicted molar refractivity (Wildman–Crippen MR) is 168 cm³/mol. The Morgan fingerprint density at radius 3 is 2.63 bits per heavy atom. The Morgan fingerprint density at radius 2 is 1.98 bits per heavy atom. The van der Waals surface area contributed by atoms with Crippen LogP contribution in [0.2, 0.25) is 0 Å². The summed E-state index contributed by atoms with van der Waals surface area (Å²) in [4.78, 5) is 19.6.